The molecule has 8 atom stereocenters. The van der Waals surface area contributed by atoms with Gasteiger partial charge in [0.1, 0.15) is 12.6 Å². The molecule has 4 saturated heterocycles. The highest BCUT2D eigenvalue weighted by Gasteiger charge is 2.52. The number of likely N-dealkylation sites (tertiary alicyclic amines) is 4. The molecule has 8 aliphatic rings. The average Bonchev–Trinajstić information content (AvgIpc) is 1.79. The summed E-state index contributed by atoms with van der Waals surface area (Å²) >= 11 is 0. The number of carbonyl (C=O) groups excluding carboxylic acids is 3. The number of nitrogens with zero attached hydrogens (tertiary/aromatic N) is 4. The number of ether oxygens (including phenoxy) is 3. The lowest BCUT2D eigenvalue weighted by atomic mass is 9.80. The topological polar surface area (TPSA) is 247 Å². The number of carboxylic acid groups (broad SMARTS) is 1. The quantitative estimate of drug-likeness (QED) is 0.0390. The minimum Gasteiger partial charge on any atom is -1.00 e. The SMILES string of the molecule is C.C.CN1CCC(O)C1.CN1CCC(O)C1.CN1CCC(OC(=O)C(O)(c2ccccc2)C2CCCC2)C1.COC(=O)C(O)(c1ccccc1)C1CCCC1.C[N+]1(C)CCC(OC(=O)C(O)(c2ccccc2)C2CCCC2)C1.O=C(O)C(O)(c1ccccc1)C1CCCC1.[Br-]. The lowest BCUT2D eigenvalue weighted by Gasteiger charge is -2.33. The lowest BCUT2D eigenvalue weighted by Crippen LogP contribution is -3.00. The van der Waals surface area contributed by atoms with Crippen LogP contribution in [-0.2, 0) is 55.8 Å². The fraction of sp³-hybridized carbons (Fsp3) is 0.632. The molecule has 0 radical (unpaired) electrons. The van der Waals surface area contributed by atoms with Gasteiger partial charge < -0.3 is 86.1 Å². The number of rotatable bonds is 14. The zero-order valence-corrected chi connectivity index (χ0v) is 57.7. The van der Waals surface area contributed by atoms with Gasteiger partial charge in [0.2, 0.25) is 0 Å². The number of benzene rings is 4. The summed E-state index contributed by atoms with van der Waals surface area (Å²) < 4.78 is 17.1. The molecule has 0 amide bonds. The highest BCUT2D eigenvalue weighted by atomic mass is 79.9. The van der Waals surface area contributed by atoms with E-state index in [0.29, 0.717) is 22.3 Å². The number of carboxylic acids is 1. The number of aliphatic hydroxyl groups is 6. The highest BCUT2D eigenvalue weighted by Crippen LogP contribution is 2.45. The van der Waals surface area contributed by atoms with Crippen LogP contribution < -0.4 is 17.0 Å². The molecule has 8 unspecified atom stereocenters. The Morgan fingerprint density at radius 2 is 0.705 bits per heavy atom. The molecule has 7 N–H and O–H groups in total. The maximum absolute atomic E-state index is 12.9. The molecular weight excluding hydrogens is 1270 g/mol. The van der Waals surface area contributed by atoms with E-state index in [1.54, 1.807) is 36.4 Å². The van der Waals surface area contributed by atoms with Crippen LogP contribution in [0.1, 0.15) is 166 Å². The van der Waals surface area contributed by atoms with Crippen LogP contribution in [0.4, 0.5) is 0 Å². The van der Waals surface area contributed by atoms with Gasteiger partial charge in [-0.3, -0.25) is 0 Å². The molecule has 0 spiro atoms. The summed E-state index contributed by atoms with van der Waals surface area (Å²) in [6.45, 7) is 7.35. The van der Waals surface area contributed by atoms with Crippen LogP contribution in [0.2, 0.25) is 0 Å². The minimum atomic E-state index is -1.71. The van der Waals surface area contributed by atoms with Crippen LogP contribution in [0, 0.1) is 23.7 Å². The summed E-state index contributed by atoms with van der Waals surface area (Å²) in [4.78, 5) is 55.5. The van der Waals surface area contributed by atoms with E-state index in [1.165, 1.54) is 7.11 Å². The van der Waals surface area contributed by atoms with Gasteiger partial charge in [0, 0.05) is 69.4 Å². The number of likely N-dealkylation sites (N-methyl/N-ethyl adjacent to an activating group) is 4. The van der Waals surface area contributed by atoms with Gasteiger partial charge in [-0.05, 0) is 114 Å². The number of methoxy groups -OCH3 is 1. The smallest absolute Gasteiger partial charge is 0.343 e. The second kappa shape index (κ2) is 38.8. The fourth-order valence-electron chi connectivity index (χ4n) is 15.0. The summed E-state index contributed by atoms with van der Waals surface area (Å²) in [5.41, 5.74) is -3.73. The monoisotopic (exact) mass is 1390 g/mol. The van der Waals surface area contributed by atoms with Gasteiger partial charge in [-0.15, -0.1) is 0 Å². The first kappa shape index (κ1) is 82.3. The predicted molar refractivity (Wildman–Crippen MR) is 367 cm³/mol. The van der Waals surface area contributed by atoms with E-state index in [4.69, 9.17) is 24.4 Å². The zero-order chi connectivity index (χ0) is 66.5. The zero-order valence-electron chi connectivity index (χ0n) is 56.1. The van der Waals surface area contributed by atoms with Crippen LogP contribution in [0.15, 0.2) is 121 Å². The van der Waals surface area contributed by atoms with E-state index < -0.39 is 46.3 Å². The summed E-state index contributed by atoms with van der Waals surface area (Å²) in [5.74, 6) is -2.87. The molecule has 4 saturated carbocycles. The Balaban J connectivity index is 0.000000251. The molecular formula is C76H117BrN4O14. The van der Waals surface area contributed by atoms with Crippen molar-refractivity contribution in [1.82, 2.24) is 14.7 Å². The molecule has 12 rings (SSSR count). The summed E-state index contributed by atoms with van der Waals surface area (Å²) in [7, 11) is 11.7. The van der Waals surface area contributed by atoms with Gasteiger partial charge >= 0.3 is 23.9 Å². The largest absolute Gasteiger partial charge is 1.00 e. The minimum absolute atomic E-state index is 0. The molecule has 4 aromatic rings. The summed E-state index contributed by atoms with van der Waals surface area (Å²) in [6.07, 6.45) is 18.6. The Kier molecular flexibility index (Phi) is 33.6. The Hall–Kier alpha value is -5.16. The number of β-amino-alcohol motifs (C(OH)–C–C–N with tert-alkyl or cyclic N) is 2. The highest BCUT2D eigenvalue weighted by molar-refractivity contribution is 5.83. The molecule has 4 aliphatic heterocycles. The number of quaternary nitrogens is 1. The van der Waals surface area contributed by atoms with Crippen molar-refractivity contribution >= 4 is 23.9 Å². The molecule has 4 aliphatic carbocycles. The number of hydrogen-bond acceptors (Lipinski definition) is 16. The number of aliphatic hydroxyl groups excluding tert-OH is 2. The van der Waals surface area contributed by atoms with Gasteiger partial charge in [0.25, 0.3) is 0 Å². The Morgan fingerprint density at radius 1 is 0.421 bits per heavy atom. The summed E-state index contributed by atoms with van der Waals surface area (Å²) in [6, 6.07) is 36.5. The second-order valence-corrected chi connectivity index (χ2v) is 27.9. The van der Waals surface area contributed by atoms with E-state index in [9.17, 15) is 44.7 Å². The normalized spacial score (nSPS) is 24.6. The van der Waals surface area contributed by atoms with Crippen molar-refractivity contribution in [2.24, 2.45) is 23.7 Å². The van der Waals surface area contributed by atoms with Crippen molar-refractivity contribution in [2.45, 2.75) is 190 Å². The van der Waals surface area contributed by atoms with Gasteiger partial charge in [-0.25, -0.2) is 19.2 Å². The number of carbonyl (C=O) groups is 4. The maximum Gasteiger partial charge on any atom is 0.343 e. The molecule has 4 heterocycles. The van der Waals surface area contributed by atoms with Crippen molar-refractivity contribution in [3.63, 3.8) is 0 Å². The van der Waals surface area contributed by atoms with Crippen LogP contribution in [0.3, 0.4) is 0 Å². The molecule has 0 aromatic heterocycles. The fourth-order valence-corrected chi connectivity index (χ4v) is 15.0. The van der Waals surface area contributed by atoms with E-state index >= 15 is 0 Å². The van der Waals surface area contributed by atoms with Gasteiger partial charge in [0.05, 0.1) is 40.0 Å². The Bertz CT molecular complexity index is 2830. The van der Waals surface area contributed by atoms with Crippen molar-refractivity contribution in [3.8, 4) is 0 Å². The number of esters is 3. The maximum atomic E-state index is 12.9. The van der Waals surface area contributed by atoms with Gasteiger partial charge in [0.15, 0.2) is 28.5 Å². The molecule has 18 nitrogen and oxygen atoms in total. The van der Waals surface area contributed by atoms with E-state index in [-0.39, 0.29) is 79.9 Å². The first-order chi connectivity index (χ1) is 43.9. The standard InChI is InChI=1S/C19H28NO3.C18H25NO3.C14H18O3.C13H16O3.2C5H11NO.2CH4.BrH/c1-20(2)13-12-17(14-20)23-18(21)19(22,16-10-6-7-11-16)15-8-4-3-5-9-15;1-19-12-11-16(13-19)22-17(20)18(21,15-9-5-6-10-15)14-7-3-2-4-8-14;1-17-13(15)14(16,12-9-5-6-10-12)11-7-3-2-4-8-11;14-12(15)13(16,11-8-4-5-9-11)10-6-2-1-3-7-10;2*1-6-3-2-5(7)4-6;;;/h3-5,8-9,16-17,22H,6-7,10-14H2,1-2H3;2-4,7-8,15-16,21H,5-6,9-13H2,1H3;2-4,7-8,12,16H,5-6,9-10H2,1H3;1-3,6-7,11,16H,4-5,8-9H2,(H,14,15);2*5,7H,2-4H2,1H3;2*1H4;1H/q+1;;;;;;;;/p-1. The lowest BCUT2D eigenvalue weighted by molar-refractivity contribution is -0.879. The van der Waals surface area contributed by atoms with Gasteiger partial charge in [-0.1, -0.05) is 188 Å². The van der Waals surface area contributed by atoms with E-state index in [0.717, 1.165) is 185 Å². The van der Waals surface area contributed by atoms with Crippen LogP contribution in [0.5, 0.6) is 0 Å². The third-order valence-electron chi connectivity index (χ3n) is 20.5. The first-order valence-electron chi connectivity index (χ1n) is 34.0. The number of aliphatic carboxylic acids is 1. The number of halogens is 1. The molecule has 4 aromatic carbocycles. The molecule has 95 heavy (non-hydrogen) atoms. The molecule has 19 heteroatoms. The Morgan fingerprint density at radius 3 is 0.947 bits per heavy atom. The number of hydrogen-bond donors (Lipinski definition) is 7. The molecule has 8 fully saturated rings. The van der Waals surface area contributed by atoms with Crippen molar-refractivity contribution in [1.29, 1.82) is 0 Å². The third kappa shape index (κ3) is 21.9. The van der Waals surface area contributed by atoms with Crippen LogP contribution in [0.25, 0.3) is 0 Å². The summed E-state index contributed by atoms with van der Waals surface area (Å²) in [5, 5.41) is 70.9. The third-order valence-corrected chi connectivity index (χ3v) is 20.5. The second-order valence-electron chi connectivity index (χ2n) is 27.9. The van der Waals surface area contributed by atoms with E-state index in [2.05, 4.69) is 28.8 Å². The van der Waals surface area contributed by atoms with Gasteiger partial charge in [-0.2, -0.15) is 0 Å². The predicted octanol–water partition coefficient (Wildman–Crippen LogP) is 6.80. The van der Waals surface area contributed by atoms with Crippen LogP contribution in [-0.4, -0.2) is 198 Å². The first-order valence-corrected chi connectivity index (χ1v) is 34.0. The van der Waals surface area contributed by atoms with Crippen molar-refractivity contribution in [2.75, 3.05) is 94.7 Å². The van der Waals surface area contributed by atoms with E-state index in [1.807, 2.05) is 106 Å². The Labute approximate surface area is 578 Å². The van der Waals surface area contributed by atoms with Crippen molar-refractivity contribution in [3.05, 3.63) is 144 Å². The molecule has 0 bridgehead atoms. The van der Waals surface area contributed by atoms with Crippen LogP contribution >= 0.6 is 0 Å². The molecule has 532 valence electrons. The average molecular weight is 1390 g/mol. The van der Waals surface area contributed by atoms with Crippen molar-refractivity contribution < 1.29 is 90.6 Å².